The third-order valence-corrected chi connectivity index (χ3v) is 5.63. The summed E-state index contributed by atoms with van der Waals surface area (Å²) in [7, 11) is -3.72. The number of carbonyl (C=O) groups excluding carboxylic acids is 1. The number of aromatic nitrogens is 1. The average Bonchev–Trinajstić information content (AvgIpc) is 3.10. The lowest BCUT2D eigenvalue weighted by Gasteiger charge is -2.08. The van der Waals surface area contributed by atoms with Gasteiger partial charge in [0.25, 0.3) is 5.91 Å². The number of nitrogens with two attached hydrogens (primary N) is 1. The average molecular weight is 418 g/mol. The zero-order valence-electron chi connectivity index (χ0n) is 15.1. The van der Waals surface area contributed by atoms with Gasteiger partial charge >= 0.3 is 0 Å². The third kappa shape index (κ3) is 5.38. The number of nitrogens with zero attached hydrogens (tertiary/aromatic N) is 1. The number of hydrogen-bond acceptors (Lipinski definition) is 6. The maximum absolute atomic E-state index is 12.3. The SMILES string of the molecule is Cc1nc(COc2ccc(C(=O)NCc3ccc(S(N)(=O)=O)cc3)cc2)cs1. The predicted octanol–water partition coefficient (Wildman–Crippen LogP) is 2.61. The Bertz CT molecular complexity index is 1060. The van der Waals surface area contributed by atoms with Crippen molar-refractivity contribution < 1.29 is 17.9 Å². The van der Waals surface area contributed by atoms with Gasteiger partial charge in [0.2, 0.25) is 10.0 Å². The molecule has 0 unspecified atom stereocenters. The van der Waals surface area contributed by atoms with Gasteiger partial charge in [-0.05, 0) is 48.9 Å². The van der Waals surface area contributed by atoms with Gasteiger partial charge in [-0.3, -0.25) is 4.79 Å². The zero-order valence-corrected chi connectivity index (χ0v) is 16.7. The summed E-state index contributed by atoms with van der Waals surface area (Å²) in [6.07, 6.45) is 0. The summed E-state index contributed by atoms with van der Waals surface area (Å²) in [5.41, 5.74) is 2.13. The van der Waals surface area contributed by atoms with Gasteiger partial charge in [0.05, 0.1) is 15.6 Å². The molecule has 0 aliphatic carbocycles. The van der Waals surface area contributed by atoms with Crippen LogP contribution in [0.3, 0.4) is 0 Å². The molecule has 0 saturated carbocycles. The van der Waals surface area contributed by atoms with Crippen LogP contribution in [0.2, 0.25) is 0 Å². The number of benzene rings is 2. The summed E-state index contributed by atoms with van der Waals surface area (Å²) < 4.78 is 28.2. The van der Waals surface area contributed by atoms with E-state index in [9.17, 15) is 13.2 Å². The lowest BCUT2D eigenvalue weighted by Crippen LogP contribution is -2.22. The van der Waals surface area contributed by atoms with Gasteiger partial charge in [0.15, 0.2) is 0 Å². The maximum atomic E-state index is 12.3. The van der Waals surface area contributed by atoms with E-state index in [2.05, 4.69) is 10.3 Å². The highest BCUT2D eigenvalue weighted by Crippen LogP contribution is 2.16. The largest absolute Gasteiger partial charge is 0.487 e. The van der Waals surface area contributed by atoms with Crippen LogP contribution in [0.4, 0.5) is 0 Å². The Hall–Kier alpha value is -2.75. The molecular formula is C19H19N3O4S2. The van der Waals surface area contributed by atoms with Gasteiger partial charge in [-0.1, -0.05) is 12.1 Å². The molecule has 0 radical (unpaired) electrons. The second kappa shape index (κ2) is 8.51. The summed E-state index contributed by atoms with van der Waals surface area (Å²) in [5, 5.41) is 10.8. The first-order valence-corrected chi connectivity index (χ1v) is 10.8. The number of primary sulfonamides is 1. The highest BCUT2D eigenvalue weighted by Gasteiger charge is 2.09. The minimum absolute atomic E-state index is 0.0333. The first-order chi connectivity index (χ1) is 13.3. The minimum Gasteiger partial charge on any atom is -0.487 e. The minimum atomic E-state index is -3.72. The summed E-state index contributed by atoms with van der Waals surface area (Å²) in [6.45, 7) is 2.59. The number of nitrogens with one attached hydrogen (secondary N) is 1. The summed E-state index contributed by atoms with van der Waals surface area (Å²) >= 11 is 1.57. The molecule has 0 atom stereocenters. The molecule has 1 aromatic heterocycles. The Morgan fingerprint density at radius 2 is 1.82 bits per heavy atom. The van der Waals surface area contributed by atoms with Crippen LogP contribution in [0.1, 0.15) is 26.6 Å². The van der Waals surface area contributed by atoms with Crippen LogP contribution in [0.25, 0.3) is 0 Å². The van der Waals surface area contributed by atoms with Gasteiger partial charge in [-0.15, -0.1) is 11.3 Å². The van der Waals surface area contributed by atoms with Crippen molar-refractivity contribution in [2.24, 2.45) is 5.14 Å². The highest BCUT2D eigenvalue weighted by molar-refractivity contribution is 7.89. The fraction of sp³-hybridized carbons (Fsp3) is 0.158. The number of thiazole rings is 1. The molecule has 3 rings (SSSR count). The molecule has 0 spiro atoms. The van der Waals surface area contributed by atoms with Crippen LogP contribution in [-0.2, 0) is 23.2 Å². The molecule has 2 aromatic carbocycles. The molecule has 0 saturated heterocycles. The van der Waals surface area contributed by atoms with E-state index in [1.807, 2.05) is 12.3 Å². The van der Waals surface area contributed by atoms with Crippen molar-refractivity contribution in [1.29, 1.82) is 0 Å². The maximum Gasteiger partial charge on any atom is 0.251 e. The van der Waals surface area contributed by atoms with Crippen molar-refractivity contribution in [3.63, 3.8) is 0 Å². The number of carbonyl (C=O) groups is 1. The molecule has 1 heterocycles. The molecule has 7 nitrogen and oxygen atoms in total. The highest BCUT2D eigenvalue weighted by atomic mass is 32.2. The van der Waals surface area contributed by atoms with E-state index in [1.54, 1.807) is 47.7 Å². The van der Waals surface area contributed by atoms with Crippen molar-refractivity contribution in [3.05, 3.63) is 75.7 Å². The fourth-order valence-electron chi connectivity index (χ4n) is 2.42. The monoisotopic (exact) mass is 417 g/mol. The van der Waals surface area contributed by atoms with Crippen molar-refractivity contribution in [2.45, 2.75) is 25.0 Å². The fourth-order valence-corrected chi connectivity index (χ4v) is 3.53. The molecule has 0 aliphatic rings. The van der Waals surface area contributed by atoms with Crippen LogP contribution in [0.15, 0.2) is 58.8 Å². The molecule has 3 aromatic rings. The van der Waals surface area contributed by atoms with E-state index in [4.69, 9.17) is 9.88 Å². The molecular weight excluding hydrogens is 398 g/mol. The lowest BCUT2D eigenvalue weighted by atomic mass is 10.2. The van der Waals surface area contributed by atoms with Crippen LogP contribution in [0.5, 0.6) is 5.75 Å². The lowest BCUT2D eigenvalue weighted by molar-refractivity contribution is 0.0951. The van der Waals surface area contributed by atoms with E-state index in [1.165, 1.54) is 12.1 Å². The van der Waals surface area contributed by atoms with E-state index >= 15 is 0 Å². The summed E-state index contributed by atoms with van der Waals surface area (Å²) in [5.74, 6) is 0.415. The number of sulfonamides is 1. The zero-order chi connectivity index (χ0) is 20.1. The molecule has 9 heteroatoms. The summed E-state index contributed by atoms with van der Waals surface area (Å²) in [4.78, 5) is 16.6. The Balaban J connectivity index is 1.53. The van der Waals surface area contributed by atoms with Gasteiger partial charge in [-0.25, -0.2) is 18.5 Å². The summed E-state index contributed by atoms with van der Waals surface area (Å²) in [6, 6.07) is 12.9. The van der Waals surface area contributed by atoms with Crippen molar-refractivity contribution in [2.75, 3.05) is 0 Å². The second-order valence-corrected chi connectivity index (χ2v) is 8.67. The molecule has 0 fully saturated rings. The normalized spacial score (nSPS) is 11.2. The molecule has 0 aliphatic heterocycles. The van der Waals surface area contributed by atoms with E-state index < -0.39 is 10.0 Å². The first-order valence-electron chi connectivity index (χ1n) is 8.35. The van der Waals surface area contributed by atoms with Crippen molar-refractivity contribution in [1.82, 2.24) is 10.3 Å². The molecule has 146 valence electrons. The van der Waals surface area contributed by atoms with Gasteiger partial charge in [-0.2, -0.15) is 0 Å². The Labute approximate surface area is 167 Å². The third-order valence-electron chi connectivity index (χ3n) is 3.87. The van der Waals surface area contributed by atoms with Crippen LogP contribution in [0, 0.1) is 6.92 Å². The van der Waals surface area contributed by atoms with Gasteiger partial charge < -0.3 is 10.1 Å². The van der Waals surface area contributed by atoms with Crippen molar-refractivity contribution in [3.8, 4) is 5.75 Å². The first kappa shape index (κ1) is 20.0. The van der Waals surface area contributed by atoms with E-state index in [0.717, 1.165) is 16.3 Å². The Kier molecular flexibility index (Phi) is 6.08. The molecule has 28 heavy (non-hydrogen) atoms. The number of hydrogen-bond donors (Lipinski definition) is 2. The van der Waals surface area contributed by atoms with Crippen molar-refractivity contribution >= 4 is 27.3 Å². The quantitative estimate of drug-likeness (QED) is 0.614. The predicted molar refractivity (Wildman–Crippen MR) is 107 cm³/mol. The standard InChI is InChI=1S/C19H19N3O4S2/c1-13-22-16(12-27-13)11-26-17-6-4-15(5-7-17)19(23)21-10-14-2-8-18(9-3-14)28(20,24)25/h2-9,12H,10-11H2,1H3,(H,21,23)(H2,20,24,25). The Morgan fingerprint density at radius 3 is 2.39 bits per heavy atom. The number of aryl methyl sites for hydroxylation is 1. The molecule has 0 bridgehead atoms. The smallest absolute Gasteiger partial charge is 0.251 e. The molecule has 3 N–H and O–H groups in total. The topological polar surface area (TPSA) is 111 Å². The van der Waals surface area contributed by atoms with Crippen LogP contribution >= 0.6 is 11.3 Å². The number of rotatable bonds is 7. The number of amides is 1. The number of ether oxygens (including phenoxy) is 1. The second-order valence-electron chi connectivity index (χ2n) is 6.04. The Morgan fingerprint density at radius 1 is 1.14 bits per heavy atom. The van der Waals surface area contributed by atoms with Crippen LogP contribution < -0.4 is 15.2 Å². The van der Waals surface area contributed by atoms with Crippen LogP contribution in [-0.4, -0.2) is 19.3 Å². The van der Waals surface area contributed by atoms with E-state index in [-0.39, 0.29) is 17.3 Å². The van der Waals surface area contributed by atoms with E-state index in [0.29, 0.717) is 17.9 Å². The molecule has 1 amide bonds. The van der Waals surface area contributed by atoms with Gasteiger partial charge in [0, 0.05) is 17.5 Å². The van der Waals surface area contributed by atoms with Gasteiger partial charge in [0.1, 0.15) is 12.4 Å².